The summed E-state index contributed by atoms with van der Waals surface area (Å²) in [6.07, 6.45) is 3.88. The molecule has 0 bridgehead atoms. The number of hydrogen-bond acceptors (Lipinski definition) is 2. The molecular weight excluding hydrogens is 232 g/mol. The summed E-state index contributed by atoms with van der Waals surface area (Å²) in [5.41, 5.74) is 2.53. The monoisotopic (exact) mass is 252 g/mol. The van der Waals surface area contributed by atoms with Gasteiger partial charge in [-0.2, -0.15) is 0 Å². The van der Waals surface area contributed by atoms with Crippen molar-refractivity contribution in [1.29, 1.82) is 0 Å². The first-order valence-corrected chi connectivity index (χ1v) is 6.80. The van der Waals surface area contributed by atoms with E-state index < -0.39 is 0 Å². The van der Waals surface area contributed by atoms with Crippen LogP contribution in [0.1, 0.15) is 31.7 Å². The van der Waals surface area contributed by atoms with E-state index in [0.717, 1.165) is 18.1 Å². The Kier molecular flexibility index (Phi) is 4.30. The Labute approximate surface area is 109 Å². The number of halogens is 1. The minimum atomic E-state index is 0.597. The first kappa shape index (κ1) is 12.7. The number of hydrogen-bond donors (Lipinski definition) is 1. The van der Waals surface area contributed by atoms with Crippen LogP contribution in [-0.2, 0) is 6.54 Å². The number of anilines is 1. The van der Waals surface area contributed by atoms with E-state index in [9.17, 15) is 0 Å². The number of para-hydroxylation sites is 1. The molecule has 2 rings (SSSR count). The third kappa shape index (κ3) is 2.75. The van der Waals surface area contributed by atoms with Crippen LogP contribution in [0.5, 0.6) is 0 Å². The van der Waals surface area contributed by atoms with Gasteiger partial charge in [0.1, 0.15) is 0 Å². The highest BCUT2D eigenvalue weighted by Gasteiger charge is 2.22. The van der Waals surface area contributed by atoms with E-state index in [1.165, 1.54) is 30.5 Å². The van der Waals surface area contributed by atoms with Gasteiger partial charge in [0.05, 0.1) is 10.7 Å². The van der Waals surface area contributed by atoms with E-state index in [0.29, 0.717) is 6.04 Å². The van der Waals surface area contributed by atoms with Gasteiger partial charge in [-0.15, -0.1) is 0 Å². The van der Waals surface area contributed by atoms with E-state index in [4.69, 9.17) is 11.6 Å². The van der Waals surface area contributed by atoms with Crippen LogP contribution < -0.4 is 10.2 Å². The first-order chi connectivity index (χ1) is 8.24. The Bertz CT molecular complexity index is 378. The van der Waals surface area contributed by atoms with Crippen LogP contribution in [0.3, 0.4) is 0 Å². The standard InChI is InChI=1S/C14H21ClN2/c1-11-6-3-4-9-17(11)14-12(10-16-2)7-5-8-13(14)15/h5,7-8,11,16H,3-4,6,9-10H2,1-2H3. The molecule has 0 amide bonds. The van der Waals surface area contributed by atoms with Gasteiger partial charge in [0.25, 0.3) is 0 Å². The Hall–Kier alpha value is -0.730. The average Bonchev–Trinajstić information content (AvgIpc) is 2.31. The highest BCUT2D eigenvalue weighted by Crippen LogP contribution is 2.34. The van der Waals surface area contributed by atoms with Gasteiger partial charge in [0.2, 0.25) is 0 Å². The van der Waals surface area contributed by atoms with Crippen LogP contribution in [0.4, 0.5) is 5.69 Å². The summed E-state index contributed by atoms with van der Waals surface area (Å²) in [5.74, 6) is 0. The Morgan fingerprint density at radius 3 is 2.94 bits per heavy atom. The molecule has 1 saturated heterocycles. The number of nitrogens with one attached hydrogen (secondary N) is 1. The van der Waals surface area contributed by atoms with Gasteiger partial charge in [0.15, 0.2) is 0 Å². The van der Waals surface area contributed by atoms with Gasteiger partial charge in [-0.1, -0.05) is 23.7 Å². The minimum absolute atomic E-state index is 0.597. The van der Waals surface area contributed by atoms with Gasteiger partial charge in [0, 0.05) is 19.1 Å². The lowest BCUT2D eigenvalue weighted by molar-refractivity contribution is 0.483. The molecule has 0 aliphatic carbocycles. The van der Waals surface area contributed by atoms with Crippen molar-refractivity contribution in [1.82, 2.24) is 5.32 Å². The van der Waals surface area contributed by atoms with E-state index in [1.54, 1.807) is 0 Å². The predicted molar refractivity (Wildman–Crippen MR) is 74.9 cm³/mol. The van der Waals surface area contributed by atoms with Crippen LogP contribution in [0.2, 0.25) is 5.02 Å². The van der Waals surface area contributed by atoms with Crippen molar-refractivity contribution in [2.24, 2.45) is 0 Å². The lowest BCUT2D eigenvalue weighted by Gasteiger charge is -2.37. The van der Waals surface area contributed by atoms with Crippen molar-refractivity contribution in [2.75, 3.05) is 18.5 Å². The number of rotatable bonds is 3. The van der Waals surface area contributed by atoms with Crippen LogP contribution in [0, 0.1) is 0 Å². The summed E-state index contributed by atoms with van der Waals surface area (Å²) >= 11 is 6.39. The molecule has 1 aromatic rings. The van der Waals surface area contributed by atoms with Crippen LogP contribution in [0.15, 0.2) is 18.2 Å². The number of piperidine rings is 1. The van der Waals surface area contributed by atoms with Crippen LogP contribution in [-0.4, -0.2) is 19.6 Å². The van der Waals surface area contributed by atoms with Crippen molar-refractivity contribution in [3.63, 3.8) is 0 Å². The van der Waals surface area contributed by atoms with Gasteiger partial charge >= 0.3 is 0 Å². The zero-order chi connectivity index (χ0) is 12.3. The zero-order valence-corrected chi connectivity index (χ0v) is 11.4. The smallest absolute Gasteiger partial charge is 0.0643 e. The lowest BCUT2D eigenvalue weighted by atomic mass is 10.0. The molecule has 0 spiro atoms. The van der Waals surface area contributed by atoms with Crippen molar-refractivity contribution in [3.05, 3.63) is 28.8 Å². The maximum absolute atomic E-state index is 6.39. The van der Waals surface area contributed by atoms with E-state index in [1.807, 2.05) is 19.2 Å². The largest absolute Gasteiger partial charge is 0.367 e. The molecule has 1 fully saturated rings. The Morgan fingerprint density at radius 2 is 2.24 bits per heavy atom. The summed E-state index contributed by atoms with van der Waals surface area (Å²) in [4.78, 5) is 2.47. The lowest BCUT2D eigenvalue weighted by Crippen LogP contribution is -2.38. The third-order valence-electron chi connectivity index (χ3n) is 3.53. The molecule has 0 radical (unpaired) electrons. The van der Waals surface area contributed by atoms with Crippen molar-refractivity contribution < 1.29 is 0 Å². The number of benzene rings is 1. The Morgan fingerprint density at radius 1 is 1.41 bits per heavy atom. The Balaban J connectivity index is 2.34. The fourth-order valence-corrected chi connectivity index (χ4v) is 2.95. The average molecular weight is 253 g/mol. The van der Waals surface area contributed by atoms with E-state index >= 15 is 0 Å². The predicted octanol–water partition coefficient (Wildman–Crippen LogP) is 3.44. The molecule has 1 atom stereocenters. The SMILES string of the molecule is CNCc1cccc(Cl)c1N1CCCCC1C. The fraction of sp³-hybridized carbons (Fsp3) is 0.571. The molecule has 1 aromatic carbocycles. The second kappa shape index (κ2) is 5.74. The normalized spacial score (nSPS) is 20.6. The van der Waals surface area contributed by atoms with Crippen LogP contribution >= 0.6 is 11.6 Å². The molecule has 0 aromatic heterocycles. The summed E-state index contributed by atoms with van der Waals surface area (Å²) in [7, 11) is 1.98. The molecule has 1 aliphatic rings. The molecule has 1 heterocycles. The molecule has 17 heavy (non-hydrogen) atoms. The molecule has 1 N–H and O–H groups in total. The third-order valence-corrected chi connectivity index (χ3v) is 3.83. The molecule has 0 saturated carbocycles. The maximum Gasteiger partial charge on any atom is 0.0643 e. The minimum Gasteiger partial charge on any atom is -0.367 e. The molecule has 94 valence electrons. The molecule has 1 unspecified atom stereocenters. The topological polar surface area (TPSA) is 15.3 Å². The van der Waals surface area contributed by atoms with Gasteiger partial charge in [-0.05, 0) is 44.9 Å². The van der Waals surface area contributed by atoms with Gasteiger partial charge in [-0.3, -0.25) is 0 Å². The summed E-state index contributed by atoms with van der Waals surface area (Å²) in [6, 6.07) is 6.79. The first-order valence-electron chi connectivity index (χ1n) is 6.42. The summed E-state index contributed by atoms with van der Waals surface area (Å²) in [6.45, 7) is 4.30. The summed E-state index contributed by atoms with van der Waals surface area (Å²) < 4.78 is 0. The molecule has 3 heteroatoms. The molecular formula is C14H21ClN2. The fourth-order valence-electron chi connectivity index (χ4n) is 2.65. The van der Waals surface area contributed by atoms with E-state index in [2.05, 4.69) is 23.2 Å². The van der Waals surface area contributed by atoms with Crippen molar-refractivity contribution >= 4 is 17.3 Å². The van der Waals surface area contributed by atoms with Crippen LogP contribution in [0.25, 0.3) is 0 Å². The van der Waals surface area contributed by atoms with E-state index in [-0.39, 0.29) is 0 Å². The van der Waals surface area contributed by atoms with Gasteiger partial charge in [-0.25, -0.2) is 0 Å². The molecule has 2 nitrogen and oxygen atoms in total. The van der Waals surface area contributed by atoms with Crippen molar-refractivity contribution in [2.45, 2.75) is 38.8 Å². The zero-order valence-electron chi connectivity index (χ0n) is 10.7. The highest BCUT2D eigenvalue weighted by atomic mass is 35.5. The highest BCUT2D eigenvalue weighted by molar-refractivity contribution is 6.33. The second-order valence-electron chi connectivity index (χ2n) is 4.82. The van der Waals surface area contributed by atoms with Gasteiger partial charge < -0.3 is 10.2 Å². The maximum atomic E-state index is 6.39. The van der Waals surface area contributed by atoms with Crippen molar-refractivity contribution in [3.8, 4) is 0 Å². The molecule has 1 aliphatic heterocycles. The second-order valence-corrected chi connectivity index (χ2v) is 5.22. The summed E-state index contributed by atoms with van der Waals surface area (Å²) in [5, 5.41) is 4.10. The quantitative estimate of drug-likeness (QED) is 0.887. The number of nitrogens with zero attached hydrogens (tertiary/aromatic N) is 1.